The van der Waals surface area contributed by atoms with Crippen molar-refractivity contribution in [1.82, 2.24) is 10.3 Å². The molecule has 1 amide bonds. The van der Waals surface area contributed by atoms with Crippen molar-refractivity contribution in [3.63, 3.8) is 0 Å². The average Bonchev–Trinajstić information content (AvgIpc) is 2.77. The molecule has 9 heteroatoms. The van der Waals surface area contributed by atoms with E-state index in [0.29, 0.717) is 47.2 Å². The molecule has 1 atom stereocenters. The summed E-state index contributed by atoms with van der Waals surface area (Å²) in [7, 11) is 0. The van der Waals surface area contributed by atoms with Gasteiger partial charge in [-0.2, -0.15) is 5.26 Å². The molecular weight excluding hydrogens is 403 g/mol. The molecule has 0 aliphatic carbocycles. The van der Waals surface area contributed by atoms with Gasteiger partial charge in [-0.15, -0.1) is 0 Å². The van der Waals surface area contributed by atoms with E-state index in [1.54, 1.807) is 0 Å². The van der Waals surface area contributed by atoms with Crippen LogP contribution in [0.2, 0.25) is 0 Å². The fourth-order valence-corrected chi connectivity index (χ4v) is 4.44. The number of pyridine rings is 1. The molecule has 2 aromatic rings. The van der Waals surface area contributed by atoms with Crippen molar-refractivity contribution in [2.24, 2.45) is 5.73 Å². The van der Waals surface area contributed by atoms with Gasteiger partial charge in [0.2, 0.25) is 11.6 Å². The molecule has 0 bridgehead atoms. The summed E-state index contributed by atoms with van der Waals surface area (Å²) in [5.74, 6) is -0.515. The Balaban J connectivity index is 2.12. The van der Waals surface area contributed by atoms with E-state index in [0.717, 1.165) is 24.9 Å². The summed E-state index contributed by atoms with van der Waals surface area (Å²) in [6.45, 7) is 12.5. The van der Waals surface area contributed by atoms with Crippen molar-refractivity contribution >= 4 is 29.2 Å². The quantitative estimate of drug-likeness (QED) is 0.546. The van der Waals surface area contributed by atoms with Crippen LogP contribution >= 0.6 is 11.8 Å². The predicted molar refractivity (Wildman–Crippen MR) is 114 cm³/mol. The van der Waals surface area contributed by atoms with Gasteiger partial charge in [-0.05, 0) is 29.7 Å². The first kappa shape index (κ1) is 21.6. The Hall–Kier alpha value is -3.14. The Morgan fingerprint density at radius 1 is 1.43 bits per heavy atom. The number of nitriles is 1. The summed E-state index contributed by atoms with van der Waals surface area (Å²) >= 11 is 1.06. The highest BCUT2D eigenvalue weighted by molar-refractivity contribution is 8.00. The molecule has 1 aliphatic rings. The van der Waals surface area contributed by atoms with Crippen molar-refractivity contribution in [3.05, 3.63) is 58.2 Å². The number of hydrogen-bond donors (Lipinski definition) is 2. The van der Waals surface area contributed by atoms with E-state index in [9.17, 15) is 14.4 Å². The minimum Gasteiger partial charge on any atom is -0.368 e. The van der Waals surface area contributed by atoms with E-state index in [1.807, 2.05) is 11.8 Å². The summed E-state index contributed by atoms with van der Waals surface area (Å²) in [5, 5.41) is 12.6. The molecule has 1 fully saturated rings. The van der Waals surface area contributed by atoms with Gasteiger partial charge < -0.3 is 16.0 Å². The Morgan fingerprint density at radius 3 is 2.63 bits per heavy atom. The maximum atomic E-state index is 13.3. The van der Waals surface area contributed by atoms with Crippen molar-refractivity contribution in [2.45, 2.75) is 23.6 Å². The first-order chi connectivity index (χ1) is 14.5. The van der Waals surface area contributed by atoms with Crippen LogP contribution < -0.4 is 16.0 Å². The van der Waals surface area contributed by atoms with E-state index >= 15 is 0 Å². The van der Waals surface area contributed by atoms with Crippen molar-refractivity contribution in [2.75, 3.05) is 31.1 Å². The largest absolute Gasteiger partial charge is 0.368 e. The number of nitrogens with two attached hydrogens (primary N) is 1. The number of piperazine rings is 1. The molecule has 1 unspecified atom stereocenters. The molecule has 1 aliphatic heterocycles. The first-order valence-electron chi connectivity index (χ1n) is 9.51. The molecule has 3 N–H and O–H groups in total. The zero-order valence-electron chi connectivity index (χ0n) is 16.5. The molecule has 0 spiro atoms. The molecule has 2 heterocycles. The van der Waals surface area contributed by atoms with Crippen LogP contribution in [0.1, 0.15) is 28.9 Å². The third-order valence-corrected chi connectivity index (χ3v) is 6.13. The Bertz CT molecular complexity index is 1020. The van der Waals surface area contributed by atoms with Crippen LogP contribution in [-0.2, 0) is 11.2 Å². The predicted octanol–water partition coefficient (Wildman–Crippen LogP) is 2.93. The SMILES string of the molecule is [C-]#[N+]c1c(N2CCNCC2)nc(SC(C(N)=O)c2ccc(F)cc2)c(C#N)c1CC. The van der Waals surface area contributed by atoms with Gasteiger partial charge >= 0.3 is 0 Å². The molecule has 30 heavy (non-hydrogen) atoms. The monoisotopic (exact) mass is 424 g/mol. The average molecular weight is 425 g/mol. The van der Waals surface area contributed by atoms with Gasteiger partial charge in [-0.25, -0.2) is 14.2 Å². The fraction of sp³-hybridized carbons (Fsp3) is 0.333. The van der Waals surface area contributed by atoms with Gasteiger partial charge in [-0.3, -0.25) is 4.79 Å². The van der Waals surface area contributed by atoms with Crippen molar-refractivity contribution in [1.29, 1.82) is 5.26 Å². The highest BCUT2D eigenvalue weighted by atomic mass is 32.2. The Morgan fingerprint density at radius 2 is 2.10 bits per heavy atom. The van der Waals surface area contributed by atoms with Gasteiger partial charge in [0.15, 0.2) is 0 Å². The summed E-state index contributed by atoms with van der Waals surface area (Å²) in [6.07, 6.45) is 0.480. The number of aromatic nitrogens is 1. The summed E-state index contributed by atoms with van der Waals surface area (Å²) in [4.78, 5) is 22.5. The molecule has 0 saturated carbocycles. The number of amides is 1. The number of nitrogens with zero attached hydrogens (tertiary/aromatic N) is 4. The molecule has 1 saturated heterocycles. The molecule has 1 aromatic carbocycles. The number of rotatable bonds is 6. The number of primary amides is 1. The maximum Gasteiger partial charge on any atom is 0.235 e. The number of anilines is 1. The lowest BCUT2D eigenvalue weighted by Crippen LogP contribution is -2.44. The lowest BCUT2D eigenvalue weighted by molar-refractivity contribution is -0.117. The summed E-state index contributed by atoms with van der Waals surface area (Å²) in [5.41, 5.74) is 7.41. The van der Waals surface area contributed by atoms with Crippen LogP contribution in [0, 0.1) is 23.7 Å². The highest BCUT2D eigenvalue weighted by Crippen LogP contribution is 2.42. The second-order valence-electron chi connectivity index (χ2n) is 6.71. The van der Waals surface area contributed by atoms with Crippen LogP contribution in [0.25, 0.3) is 4.85 Å². The molecule has 1 aromatic heterocycles. The van der Waals surface area contributed by atoms with Crippen LogP contribution in [0.15, 0.2) is 29.3 Å². The van der Waals surface area contributed by atoms with E-state index in [1.165, 1.54) is 24.3 Å². The van der Waals surface area contributed by atoms with E-state index in [4.69, 9.17) is 12.3 Å². The van der Waals surface area contributed by atoms with Crippen LogP contribution in [0.5, 0.6) is 0 Å². The Kier molecular flexibility index (Phi) is 6.88. The van der Waals surface area contributed by atoms with Gasteiger partial charge in [-0.1, -0.05) is 30.8 Å². The zero-order chi connectivity index (χ0) is 21.7. The van der Waals surface area contributed by atoms with Gasteiger partial charge in [0.25, 0.3) is 0 Å². The number of thioether (sulfide) groups is 1. The van der Waals surface area contributed by atoms with Gasteiger partial charge in [0.05, 0.1) is 12.1 Å². The zero-order valence-corrected chi connectivity index (χ0v) is 17.3. The first-order valence-corrected chi connectivity index (χ1v) is 10.4. The maximum absolute atomic E-state index is 13.3. The topological polar surface area (TPSA) is 99.4 Å². The number of carbonyl (C=O) groups is 1. The Labute approximate surface area is 178 Å². The fourth-order valence-electron chi connectivity index (χ4n) is 3.39. The van der Waals surface area contributed by atoms with E-state index < -0.39 is 17.0 Å². The van der Waals surface area contributed by atoms with Crippen LogP contribution in [0.3, 0.4) is 0 Å². The van der Waals surface area contributed by atoms with Gasteiger partial charge in [0, 0.05) is 26.2 Å². The molecular formula is C21H21FN6OS. The van der Waals surface area contributed by atoms with Gasteiger partial charge in [0.1, 0.15) is 28.0 Å². The van der Waals surface area contributed by atoms with E-state index in [2.05, 4.69) is 21.2 Å². The molecule has 3 rings (SSSR count). The number of halogens is 1. The lowest BCUT2D eigenvalue weighted by Gasteiger charge is -2.30. The minimum atomic E-state index is -0.843. The van der Waals surface area contributed by atoms with Crippen molar-refractivity contribution < 1.29 is 9.18 Å². The standard InChI is InChI=1S/C21H21FN6OS/c1-3-15-16(12-23)21(27-20(17(15)25-2)28-10-8-26-9-11-28)30-18(19(24)29)13-4-6-14(22)7-5-13/h4-7,18,26H,3,8-11H2,1H3,(H2,24,29). The molecule has 154 valence electrons. The highest BCUT2D eigenvalue weighted by Gasteiger charge is 2.27. The normalized spacial score (nSPS) is 14.6. The number of nitrogens with one attached hydrogen (secondary N) is 1. The van der Waals surface area contributed by atoms with Crippen LogP contribution in [-0.4, -0.2) is 37.1 Å². The molecule has 0 radical (unpaired) electrons. The number of carbonyl (C=O) groups excluding carboxylic acids is 1. The van der Waals surface area contributed by atoms with Crippen molar-refractivity contribution in [3.8, 4) is 6.07 Å². The summed E-state index contributed by atoms with van der Waals surface area (Å²) in [6, 6.07) is 7.67. The number of hydrogen-bond acceptors (Lipinski definition) is 6. The minimum absolute atomic E-state index is 0.278. The molecule has 7 nitrogen and oxygen atoms in total. The second-order valence-corrected chi connectivity index (χ2v) is 7.80. The third kappa shape index (κ3) is 4.38. The lowest BCUT2D eigenvalue weighted by atomic mass is 10.1. The second kappa shape index (κ2) is 9.57. The van der Waals surface area contributed by atoms with Crippen LogP contribution in [0.4, 0.5) is 15.9 Å². The summed E-state index contributed by atoms with van der Waals surface area (Å²) < 4.78 is 13.3. The third-order valence-electron chi connectivity index (χ3n) is 4.88. The van der Waals surface area contributed by atoms with E-state index in [-0.39, 0.29) is 5.56 Å². The number of benzene rings is 1. The smallest absolute Gasteiger partial charge is 0.235 e.